The molecule has 0 aliphatic carbocycles. The Bertz CT molecular complexity index is 1100. The molecule has 0 radical (unpaired) electrons. The second-order valence-corrected chi connectivity index (χ2v) is 7.98. The summed E-state index contributed by atoms with van der Waals surface area (Å²) in [4.78, 5) is 31.9. The van der Waals surface area contributed by atoms with Crippen molar-refractivity contribution in [3.05, 3.63) is 57.8 Å². The molecule has 8 heteroatoms. The lowest BCUT2D eigenvalue weighted by Crippen LogP contribution is -2.37. The zero-order valence-electron chi connectivity index (χ0n) is 16.7. The van der Waals surface area contributed by atoms with Crippen molar-refractivity contribution < 1.29 is 18.7 Å². The number of hydrogen-bond acceptors (Lipinski definition) is 6. The first kappa shape index (κ1) is 20.7. The van der Waals surface area contributed by atoms with Crippen LogP contribution in [0.15, 0.2) is 30.3 Å². The van der Waals surface area contributed by atoms with Crippen LogP contribution in [0.4, 0.5) is 10.1 Å². The van der Waals surface area contributed by atoms with Crippen molar-refractivity contribution >= 4 is 39.1 Å². The highest BCUT2D eigenvalue weighted by molar-refractivity contribution is 7.21. The summed E-state index contributed by atoms with van der Waals surface area (Å²) < 4.78 is 18.7. The number of anilines is 1. The van der Waals surface area contributed by atoms with Crippen molar-refractivity contribution in [2.45, 2.75) is 33.4 Å². The summed E-state index contributed by atoms with van der Waals surface area (Å²) >= 11 is 1.15. The Balaban J connectivity index is 1.73. The number of benzene rings is 1. The van der Waals surface area contributed by atoms with E-state index in [1.807, 2.05) is 19.9 Å². The Kier molecular flexibility index (Phi) is 5.83. The number of likely N-dealkylation sites (N-methyl/N-ethyl adjacent to an activating group) is 1. The molecular formula is C21H22FN3O3S. The lowest BCUT2D eigenvalue weighted by atomic mass is 10.1. The van der Waals surface area contributed by atoms with Crippen LogP contribution in [-0.4, -0.2) is 34.9 Å². The number of amides is 1. The summed E-state index contributed by atoms with van der Waals surface area (Å²) in [6, 6.07) is 7.89. The molecule has 2 N–H and O–H groups in total. The highest BCUT2D eigenvalue weighted by Gasteiger charge is 2.26. The lowest BCUT2D eigenvalue weighted by Gasteiger charge is -2.21. The quantitative estimate of drug-likeness (QED) is 0.640. The zero-order valence-corrected chi connectivity index (χ0v) is 17.5. The SMILES string of the molecule is Cc1cc(C)c2c(N)c(C(=O)O[C@@H](C)C(=O)N(C)Cc3cccc(F)c3)sc2n1. The molecular weight excluding hydrogens is 393 g/mol. The number of nitrogen functional groups attached to an aromatic ring is 1. The van der Waals surface area contributed by atoms with E-state index < -0.39 is 18.0 Å². The molecule has 3 aromatic rings. The first-order valence-corrected chi connectivity index (χ1v) is 9.85. The number of rotatable bonds is 5. The minimum Gasteiger partial charge on any atom is -0.448 e. The molecule has 3 rings (SSSR count). The van der Waals surface area contributed by atoms with Gasteiger partial charge in [0.2, 0.25) is 0 Å². The number of halogens is 1. The normalized spacial score (nSPS) is 12.0. The second kappa shape index (κ2) is 8.16. The minimum atomic E-state index is -1.01. The molecule has 0 unspecified atom stereocenters. The molecule has 0 saturated heterocycles. The largest absolute Gasteiger partial charge is 0.448 e. The van der Waals surface area contributed by atoms with Gasteiger partial charge in [0.1, 0.15) is 15.5 Å². The number of hydrogen-bond donors (Lipinski definition) is 1. The van der Waals surface area contributed by atoms with Gasteiger partial charge in [0.15, 0.2) is 6.10 Å². The van der Waals surface area contributed by atoms with Crippen molar-refractivity contribution in [2.75, 3.05) is 12.8 Å². The third kappa shape index (κ3) is 4.37. The van der Waals surface area contributed by atoms with E-state index in [0.29, 0.717) is 16.1 Å². The van der Waals surface area contributed by atoms with Gasteiger partial charge in [-0.1, -0.05) is 12.1 Å². The smallest absolute Gasteiger partial charge is 0.351 e. The third-order valence-corrected chi connectivity index (χ3v) is 5.61. The molecule has 2 aromatic heterocycles. The van der Waals surface area contributed by atoms with E-state index >= 15 is 0 Å². The predicted octanol–water partition coefficient (Wildman–Crippen LogP) is 3.84. The Morgan fingerprint density at radius 1 is 1.31 bits per heavy atom. The number of carbonyl (C=O) groups is 2. The molecule has 29 heavy (non-hydrogen) atoms. The van der Waals surface area contributed by atoms with Crippen LogP contribution in [0.1, 0.15) is 33.4 Å². The van der Waals surface area contributed by atoms with E-state index in [-0.39, 0.29) is 17.2 Å². The second-order valence-electron chi connectivity index (χ2n) is 6.98. The van der Waals surface area contributed by atoms with Crippen molar-refractivity contribution in [2.24, 2.45) is 0 Å². The summed E-state index contributed by atoms with van der Waals surface area (Å²) in [5, 5.41) is 0.731. The van der Waals surface area contributed by atoms with Gasteiger partial charge in [-0.3, -0.25) is 4.79 Å². The van der Waals surface area contributed by atoms with Gasteiger partial charge in [-0.15, -0.1) is 11.3 Å². The van der Waals surface area contributed by atoms with Crippen LogP contribution in [0.3, 0.4) is 0 Å². The topological polar surface area (TPSA) is 85.5 Å². The van der Waals surface area contributed by atoms with Gasteiger partial charge < -0.3 is 15.4 Å². The highest BCUT2D eigenvalue weighted by Crippen LogP contribution is 2.35. The zero-order chi connectivity index (χ0) is 21.3. The number of carbonyl (C=O) groups excluding carboxylic acids is 2. The van der Waals surface area contributed by atoms with Gasteiger partial charge in [-0.05, 0) is 50.1 Å². The van der Waals surface area contributed by atoms with E-state index in [0.717, 1.165) is 28.0 Å². The van der Waals surface area contributed by atoms with Crippen LogP contribution >= 0.6 is 11.3 Å². The van der Waals surface area contributed by atoms with Crippen LogP contribution in [0.25, 0.3) is 10.2 Å². The van der Waals surface area contributed by atoms with Gasteiger partial charge >= 0.3 is 5.97 Å². The molecule has 0 aliphatic heterocycles. The molecule has 0 spiro atoms. The van der Waals surface area contributed by atoms with Crippen molar-refractivity contribution in [3.63, 3.8) is 0 Å². The average Bonchev–Trinajstić information content (AvgIpc) is 2.97. The summed E-state index contributed by atoms with van der Waals surface area (Å²) in [7, 11) is 1.57. The number of pyridine rings is 1. The van der Waals surface area contributed by atoms with Crippen LogP contribution < -0.4 is 5.73 Å². The number of aromatic nitrogens is 1. The van der Waals surface area contributed by atoms with Crippen molar-refractivity contribution in [1.82, 2.24) is 9.88 Å². The number of thiophene rings is 1. The van der Waals surface area contributed by atoms with Crippen molar-refractivity contribution in [1.29, 1.82) is 0 Å². The summed E-state index contributed by atoms with van der Waals surface area (Å²) in [5.74, 6) is -1.43. The maximum atomic E-state index is 13.3. The first-order chi connectivity index (χ1) is 13.7. The number of fused-ring (bicyclic) bond motifs is 1. The van der Waals surface area contributed by atoms with Crippen LogP contribution in [0.5, 0.6) is 0 Å². The van der Waals surface area contributed by atoms with Gasteiger partial charge in [0.05, 0.1) is 5.69 Å². The molecule has 6 nitrogen and oxygen atoms in total. The lowest BCUT2D eigenvalue weighted by molar-refractivity contribution is -0.139. The molecule has 0 bridgehead atoms. The number of esters is 1. The van der Waals surface area contributed by atoms with E-state index in [9.17, 15) is 14.0 Å². The van der Waals surface area contributed by atoms with Gasteiger partial charge in [0.25, 0.3) is 5.91 Å². The summed E-state index contributed by atoms with van der Waals surface area (Å²) in [6.45, 7) is 5.48. The molecule has 152 valence electrons. The Morgan fingerprint density at radius 2 is 2.03 bits per heavy atom. The van der Waals surface area contributed by atoms with E-state index in [4.69, 9.17) is 10.5 Å². The number of nitrogens with two attached hydrogens (primary N) is 1. The number of aryl methyl sites for hydroxylation is 2. The Hall–Kier alpha value is -3.00. The maximum absolute atomic E-state index is 13.3. The fourth-order valence-electron chi connectivity index (χ4n) is 3.18. The number of ether oxygens (including phenoxy) is 1. The molecule has 1 atom stereocenters. The molecule has 0 fully saturated rings. The predicted molar refractivity (Wildman–Crippen MR) is 111 cm³/mol. The molecule has 0 saturated carbocycles. The van der Waals surface area contributed by atoms with Crippen LogP contribution in [-0.2, 0) is 16.1 Å². The summed E-state index contributed by atoms with van der Waals surface area (Å²) in [5.41, 5.74) is 8.88. The summed E-state index contributed by atoms with van der Waals surface area (Å²) in [6.07, 6.45) is -1.01. The standard InChI is InChI=1S/C21H22FN3O3S/c1-11-8-12(2)24-19-16(11)17(23)18(29-19)21(27)28-13(3)20(26)25(4)10-14-6-5-7-15(22)9-14/h5-9,13H,10,23H2,1-4H3/t13-/m0/s1. The van der Waals surface area contributed by atoms with E-state index in [1.54, 1.807) is 19.2 Å². The van der Waals surface area contributed by atoms with Crippen molar-refractivity contribution in [3.8, 4) is 0 Å². The monoisotopic (exact) mass is 415 g/mol. The number of nitrogens with zero attached hydrogens (tertiary/aromatic N) is 2. The average molecular weight is 415 g/mol. The Labute approximate surface area is 172 Å². The minimum absolute atomic E-state index is 0.200. The van der Waals surface area contributed by atoms with Gasteiger partial charge in [-0.25, -0.2) is 14.2 Å². The fraction of sp³-hybridized carbons (Fsp3) is 0.286. The molecule has 1 amide bonds. The molecule has 1 aromatic carbocycles. The fourth-order valence-corrected chi connectivity index (χ4v) is 4.28. The van der Waals surface area contributed by atoms with Crippen LogP contribution in [0.2, 0.25) is 0 Å². The van der Waals surface area contributed by atoms with Gasteiger partial charge in [-0.2, -0.15) is 0 Å². The molecule has 2 heterocycles. The van der Waals surface area contributed by atoms with Crippen LogP contribution in [0, 0.1) is 19.7 Å². The molecule has 0 aliphatic rings. The Morgan fingerprint density at radius 3 is 2.72 bits per heavy atom. The maximum Gasteiger partial charge on any atom is 0.351 e. The van der Waals surface area contributed by atoms with E-state index in [1.165, 1.54) is 24.0 Å². The highest BCUT2D eigenvalue weighted by atomic mass is 32.1. The van der Waals surface area contributed by atoms with E-state index in [2.05, 4.69) is 4.98 Å². The third-order valence-electron chi connectivity index (χ3n) is 4.53. The first-order valence-electron chi connectivity index (χ1n) is 9.04. The van der Waals surface area contributed by atoms with Gasteiger partial charge in [0, 0.05) is 24.7 Å².